The van der Waals surface area contributed by atoms with Gasteiger partial charge in [0.25, 0.3) is 0 Å². The molecule has 0 unspecified atom stereocenters. The number of carbonyl (C=O) groups excluding carboxylic acids is 1. The van der Waals surface area contributed by atoms with Crippen LogP contribution in [0.2, 0.25) is 0 Å². The van der Waals surface area contributed by atoms with Crippen molar-refractivity contribution in [3.8, 4) is 0 Å². The van der Waals surface area contributed by atoms with Gasteiger partial charge in [-0.1, -0.05) is 13.3 Å². The molecule has 6 heteroatoms. The van der Waals surface area contributed by atoms with Gasteiger partial charge in [-0.2, -0.15) is 0 Å². The highest BCUT2D eigenvalue weighted by atomic mass is 16.6. The van der Waals surface area contributed by atoms with Crippen LogP contribution in [0.5, 0.6) is 0 Å². The maximum absolute atomic E-state index is 11.7. The van der Waals surface area contributed by atoms with E-state index in [2.05, 4.69) is 22.5 Å². The first kappa shape index (κ1) is 18.5. The molecule has 0 aliphatic heterocycles. The molecule has 0 atom stereocenters. The molecule has 0 rings (SSSR count). The van der Waals surface area contributed by atoms with E-state index in [1.54, 1.807) is 19.0 Å². The van der Waals surface area contributed by atoms with Crippen LogP contribution >= 0.6 is 0 Å². The zero-order valence-electron chi connectivity index (χ0n) is 13.7. The zero-order valence-corrected chi connectivity index (χ0v) is 13.7. The van der Waals surface area contributed by atoms with Crippen LogP contribution in [0.15, 0.2) is 4.99 Å². The number of nitrogens with zero attached hydrogens (tertiary/aromatic N) is 2. The molecule has 2 N–H and O–H groups in total. The molecule has 0 aliphatic carbocycles. The Morgan fingerprint density at radius 1 is 1.25 bits per heavy atom. The first-order chi connectivity index (χ1) is 9.30. The topological polar surface area (TPSA) is 66.0 Å². The maximum Gasteiger partial charge on any atom is 0.410 e. The van der Waals surface area contributed by atoms with Gasteiger partial charge in [-0.3, -0.25) is 4.99 Å². The minimum atomic E-state index is -0.462. The first-order valence-corrected chi connectivity index (χ1v) is 7.18. The molecule has 0 aromatic heterocycles. The lowest BCUT2D eigenvalue weighted by atomic mass is 10.2. The molecule has 0 heterocycles. The van der Waals surface area contributed by atoms with Crippen LogP contribution in [0.1, 0.15) is 40.5 Å². The van der Waals surface area contributed by atoms with Gasteiger partial charge in [-0.25, -0.2) is 4.79 Å². The van der Waals surface area contributed by atoms with Crippen LogP contribution in [-0.2, 0) is 4.74 Å². The van der Waals surface area contributed by atoms with Crippen molar-refractivity contribution in [1.82, 2.24) is 15.5 Å². The fourth-order valence-corrected chi connectivity index (χ4v) is 1.38. The standard InChI is InChI=1S/C14H30N4O2/c1-7-8-9-16-12(15-5)17-10-11-18(6)13(19)20-14(2,3)4/h7-11H2,1-6H3,(H2,15,16,17). The minimum Gasteiger partial charge on any atom is -0.444 e. The second-order valence-electron chi connectivity index (χ2n) is 5.68. The molecule has 0 aromatic carbocycles. The van der Waals surface area contributed by atoms with Crippen LogP contribution in [0, 0.1) is 0 Å². The average Bonchev–Trinajstić information content (AvgIpc) is 2.34. The summed E-state index contributed by atoms with van der Waals surface area (Å²) in [7, 11) is 3.46. The van der Waals surface area contributed by atoms with Crippen LogP contribution < -0.4 is 10.6 Å². The number of hydrogen-bond acceptors (Lipinski definition) is 3. The summed E-state index contributed by atoms with van der Waals surface area (Å²) in [5.41, 5.74) is -0.462. The molecule has 1 amide bonds. The number of rotatable bonds is 6. The molecule has 20 heavy (non-hydrogen) atoms. The normalized spacial score (nSPS) is 12.0. The Morgan fingerprint density at radius 3 is 2.35 bits per heavy atom. The number of unbranched alkanes of at least 4 members (excludes halogenated alkanes) is 1. The summed E-state index contributed by atoms with van der Waals surface area (Å²) in [4.78, 5) is 17.4. The Labute approximate surface area is 123 Å². The monoisotopic (exact) mass is 286 g/mol. The van der Waals surface area contributed by atoms with E-state index in [1.807, 2.05) is 20.8 Å². The molecule has 118 valence electrons. The molecule has 0 fully saturated rings. The van der Waals surface area contributed by atoms with Gasteiger partial charge in [-0.15, -0.1) is 0 Å². The lowest BCUT2D eigenvalue weighted by Crippen LogP contribution is -2.43. The van der Waals surface area contributed by atoms with Crippen molar-refractivity contribution in [2.75, 3.05) is 33.7 Å². The number of ether oxygens (including phenoxy) is 1. The number of hydrogen-bond donors (Lipinski definition) is 2. The highest BCUT2D eigenvalue weighted by Gasteiger charge is 2.19. The number of carbonyl (C=O) groups is 1. The van der Waals surface area contributed by atoms with Crippen LogP contribution in [0.3, 0.4) is 0 Å². The molecule has 0 spiro atoms. The van der Waals surface area contributed by atoms with Gasteiger partial charge in [0.15, 0.2) is 5.96 Å². The predicted molar refractivity (Wildman–Crippen MR) is 83.1 cm³/mol. The molecule has 0 aliphatic rings. The van der Waals surface area contributed by atoms with E-state index in [9.17, 15) is 4.79 Å². The summed E-state index contributed by atoms with van der Waals surface area (Å²) in [6.07, 6.45) is 1.94. The highest BCUT2D eigenvalue weighted by Crippen LogP contribution is 2.08. The van der Waals surface area contributed by atoms with Crippen LogP contribution in [0.4, 0.5) is 4.79 Å². The largest absolute Gasteiger partial charge is 0.444 e. The predicted octanol–water partition coefficient (Wildman–Crippen LogP) is 1.82. The van der Waals surface area contributed by atoms with Gasteiger partial charge >= 0.3 is 6.09 Å². The van der Waals surface area contributed by atoms with Crippen molar-refractivity contribution >= 4 is 12.1 Å². The number of amides is 1. The molecule has 0 radical (unpaired) electrons. The molecular weight excluding hydrogens is 256 g/mol. The van der Waals surface area contributed by atoms with Crippen LogP contribution in [-0.4, -0.2) is 56.3 Å². The highest BCUT2D eigenvalue weighted by molar-refractivity contribution is 5.79. The molecular formula is C14H30N4O2. The van der Waals surface area contributed by atoms with Gasteiger partial charge in [0, 0.05) is 33.7 Å². The molecule has 0 saturated heterocycles. The van der Waals surface area contributed by atoms with Crippen molar-refractivity contribution < 1.29 is 9.53 Å². The SMILES string of the molecule is CCCCNC(=NC)NCCN(C)C(=O)OC(C)(C)C. The van der Waals surface area contributed by atoms with E-state index in [-0.39, 0.29) is 6.09 Å². The summed E-state index contributed by atoms with van der Waals surface area (Å²) < 4.78 is 5.28. The van der Waals surface area contributed by atoms with Gasteiger partial charge in [-0.05, 0) is 27.2 Å². The van der Waals surface area contributed by atoms with E-state index < -0.39 is 5.60 Å². The Bertz CT molecular complexity index is 311. The minimum absolute atomic E-state index is 0.312. The van der Waals surface area contributed by atoms with Gasteiger partial charge in [0.2, 0.25) is 0 Å². The van der Waals surface area contributed by atoms with Gasteiger partial charge in [0.05, 0.1) is 0 Å². The Hall–Kier alpha value is -1.46. The molecule has 0 saturated carbocycles. The fourth-order valence-electron chi connectivity index (χ4n) is 1.38. The van der Waals surface area contributed by atoms with E-state index in [1.165, 1.54) is 0 Å². The summed E-state index contributed by atoms with van der Waals surface area (Å²) in [6, 6.07) is 0. The second kappa shape index (κ2) is 9.44. The van der Waals surface area contributed by atoms with Crippen LogP contribution in [0.25, 0.3) is 0 Å². The molecule has 0 bridgehead atoms. The smallest absolute Gasteiger partial charge is 0.410 e. The first-order valence-electron chi connectivity index (χ1n) is 7.18. The van der Waals surface area contributed by atoms with Crippen molar-refractivity contribution in [1.29, 1.82) is 0 Å². The lowest BCUT2D eigenvalue weighted by molar-refractivity contribution is 0.0302. The Balaban J connectivity index is 3.94. The van der Waals surface area contributed by atoms with Gasteiger partial charge in [0.1, 0.15) is 5.60 Å². The number of likely N-dealkylation sites (N-methyl/N-ethyl adjacent to an activating group) is 1. The summed E-state index contributed by atoms with van der Waals surface area (Å²) >= 11 is 0. The van der Waals surface area contributed by atoms with E-state index in [0.29, 0.717) is 13.1 Å². The summed E-state index contributed by atoms with van der Waals surface area (Å²) in [5.74, 6) is 0.760. The lowest BCUT2D eigenvalue weighted by Gasteiger charge is -2.24. The van der Waals surface area contributed by atoms with Crippen molar-refractivity contribution in [2.45, 2.75) is 46.1 Å². The molecule has 0 aromatic rings. The number of nitrogens with one attached hydrogen (secondary N) is 2. The summed E-state index contributed by atoms with van der Waals surface area (Å²) in [5, 5.41) is 6.38. The van der Waals surface area contributed by atoms with Crippen molar-refractivity contribution in [2.24, 2.45) is 4.99 Å². The van der Waals surface area contributed by atoms with Gasteiger partial charge < -0.3 is 20.3 Å². The third-order valence-corrected chi connectivity index (χ3v) is 2.49. The maximum atomic E-state index is 11.7. The zero-order chi connectivity index (χ0) is 15.6. The second-order valence-corrected chi connectivity index (χ2v) is 5.68. The number of guanidine groups is 1. The van der Waals surface area contributed by atoms with Crippen molar-refractivity contribution in [3.05, 3.63) is 0 Å². The quantitative estimate of drug-likeness (QED) is 0.444. The average molecular weight is 286 g/mol. The third-order valence-electron chi connectivity index (χ3n) is 2.49. The summed E-state index contributed by atoms with van der Waals surface area (Å²) in [6.45, 7) is 9.81. The fraction of sp³-hybridized carbons (Fsp3) is 0.857. The van der Waals surface area contributed by atoms with Crippen molar-refractivity contribution in [3.63, 3.8) is 0 Å². The Morgan fingerprint density at radius 2 is 1.85 bits per heavy atom. The number of aliphatic imine (C=N–C) groups is 1. The Kier molecular flexibility index (Phi) is 8.76. The van der Waals surface area contributed by atoms with E-state index >= 15 is 0 Å². The third kappa shape index (κ3) is 9.47. The van der Waals surface area contributed by atoms with E-state index in [4.69, 9.17) is 4.74 Å². The molecule has 6 nitrogen and oxygen atoms in total. The van der Waals surface area contributed by atoms with E-state index in [0.717, 1.165) is 25.3 Å².